The third-order valence-corrected chi connectivity index (χ3v) is 2.51. The highest BCUT2D eigenvalue weighted by atomic mass is 19.4. The Balaban J connectivity index is 2.92. The summed E-state index contributed by atoms with van der Waals surface area (Å²) in [5, 5.41) is 0. The molecule has 21 heavy (non-hydrogen) atoms. The van der Waals surface area contributed by atoms with Gasteiger partial charge >= 0.3 is 6.18 Å². The second-order valence-electron chi connectivity index (χ2n) is 4.82. The van der Waals surface area contributed by atoms with E-state index >= 15 is 0 Å². The molecule has 7 heteroatoms. The number of ether oxygens (including phenoxy) is 1. The second kappa shape index (κ2) is 7.31. The molecule has 1 rings (SSSR count). The summed E-state index contributed by atoms with van der Waals surface area (Å²) in [4.78, 5) is 12.9. The number of carbonyl (C=O) groups excluding carboxylic acids is 1. The fraction of sp³-hybridized carbons (Fsp3) is 0.500. The maximum atomic E-state index is 12.5. The first kappa shape index (κ1) is 17.3. The Morgan fingerprint density at radius 3 is 2.57 bits per heavy atom. The zero-order valence-corrected chi connectivity index (χ0v) is 12.0. The Kier molecular flexibility index (Phi) is 6.02. The van der Waals surface area contributed by atoms with Crippen molar-refractivity contribution in [2.45, 2.75) is 26.1 Å². The minimum atomic E-state index is -4.46. The SMILES string of the molecule is CC(C)Oc1cccc(C(=O)N(CCN)CC(F)(F)F)c1. The van der Waals surface area contributed by atoms with E-state index in [1.54, 1.807) is 12.1 Å². The van der Waals surface area contributed by atoms with Crippen LogP contribution in [0.3, 0.4) is 0 Å². The molecule has 0 aliphatic carbocycles. The van der Waals surface area contributed by atoms with E-state index in [1.807, 2.05) is 13.8 Å². The molecule has 0 spiro atoms. The highest BCUT2D eigenvalue weighted by Crippen LogP contribution is 2.20. The molecule has 0 bridgehead atoms. The fourth-order valence-corrected chi connectivity index (χ4v) is 1.78. The highest BCUT2D eigenvalue weighted by molar-refractivity contribution is 5.94. The van der Waals surface area contributed by atoms with E-state index in [0.29, 0.717) is 10.6 Å². The molecule has 4 nitrogen and oxygen atoms in total. The summed E-state index contributed by atoms with van der Waals surface area (Å²) in [6.45, 7) is 2.12. The van der Waals surface area contributed by atoms with Crippen molar-refractivity contribution in [2.75, 3.05) is 19.6 Å². The van der Waals surface area contributed by atoms with Crippen molar-refractivity contribution in [1.82, 2.24) is 4.90 Å². The number of nitrogens with two attached hydrogens (primary N) is 1. The Hall–Kier alpha value is -1.76. The van der Waals surface area contributed by atoms with Crippen molar-refractivity contribution in [2.24, 2.45) is 5.73 Å². The standard InChI is InChI=1S/C14H19F3N2O2/c1-10(2)21-12-5-3-4-11(8-12)13(20)19(7-6-18)9-14(15,16)17/h3-5,8,10H,6-7,9,18H2,1-2H3. The van der Waals surface area contributed by atoms with Crippen LogP contribution in [0.2, 0.25) is 0 Å². The molecular formula is C14H19F3N2O2. The highest BCUT2D eigenvalue weighted by Gasteiger charge is 2.33. The van der Waals surface area contributed by atoms with Crippen molar-refractivity contribution >= 4 is 5.91 Å². The van der Waals surface area contributed by atoms with Gasteiger partial charge in [-0.15, -0.1) is 0 Å². The molecule has 1 aromatic rings. The smallest absolute Gasteiger partial charge is 0.406 e. The van der Waals surface area contributed by atoms with E-state index < -0.39 is 18.6 Å². The predicted molar refractivity (Wildman–Crippen MR) is 73.2 cm³/mol. The topological polar surface area (TPSA) is 55.6 Å². The number of rotatable bonds is 6. The second-order valence-corrected chi connectivity index (χ2v) is 4.82. The van der Waals surface area contributed by atoms with Crippen LogP contribution in [0.15, 0.2) is 24.3 Å². The van der Waals surface area contributed by atoms with E-state index in [2.05, 4.69) is 0 Å². The van der Waals surface area contributed by atoms with Gasteiger partial charge in [0.25, 0.3) is 5.91 Å². The quantitative estimate of drug-likeness (QED) is 0.878. The Morgan fingerprint density at radius 1 is 1.38 bits per heavy atom. The van der Waals surface area contributed by atoms with Gasteiger partial charge in [-0.3, -0.25) is 4.79 Å². The molecule has 0 aliphatic heterocycles. The van der Waals surface area contributed by atoms with Gasteiger partial charge < -0.3 is 15.4 Å². The third-order valence-electron chi connectivity index (χ3n) is 2.51. The van der Waals surface area contributed by atoms with Crippen molar-refractivity contribution < 1.29 is 22.7 Å². The molecule has 0 aliphatic rings. The van der Waals surface area contributed by atoms with Gasteiger partial charge in [0.15, 0.2) is 0 Å². The molecule has 0 saturated carbocycles. The van der Waals surface area contributed by atoms with Crippen molar-refractivity contribution in [1.29, 1.82) is 0 Å². The largest absolute Gasteiger partial charge is 0.491 e. The molecule has 0 atom stereocenters. The number of hydrogen-bond acceptors (Lipinski definition) is 3. The van der Waals surface area contributed by atoms with Crippen molar-refractivity contribution in [3.05, 3.63) is 29.8 Å². The first-order chi connectivity index (χ1) is 9.73. The van der Waals surface area contributed by atoms with E-state index in [9.17, 15) is 18.0 Å². The van der Waals surface area contributed by atoms with Crippen LogP contribution in [0.1, 0.15) is 24.2 Å². The summed E-state index contributed by atoms with van der Waals surface area (Å²) in [6, 6.07) is 6.10. The summed E-state index contributed by atoms with van der Waals surface area (Å²) in [6.07, 6.45) is -4.55. The van der Waals surface area contributed by atoms with Gasteiger partial charge in [-0.05, 0) is 32.0 Å². The normalized spacial score (nSPS) is 11.6. The summed E-state index contributed by atoms with van der Waals surface area (Å²) < 4.78 is 42.9. The molecule has 0 heterocycles. The lowest BCUT2D eigenvalue weighted by Crippen LogP contribution is -2.41. The monoisotopic (exact) mass is 304 g/mol. The lowest BCUT2D eigenvalue weighted by molar-refractivity contribution is -0.140. The van der Waals surface area contributed by atoms with Crippen LogP contribution < -0.4 is 10.5 Å². The molecule has 0 fully saturated rings. The molecule has 1 amide bonds. The zero-order chi connectivity index (χ0) is 16.0. The third kappa shape index (κ3) is 6.03. The van der Waals surface area contributed by atoms with Gasteiger partial charge in [0.2, 0.25) is 0 Å². The van der Waals surface area contributed by atoms with E-state index in [4.69, 9.17) is 10.5 Å². The molecule has 0 aromatic heterocycles. The van der Waals surface area contributed by atoms with Crippen LogP contribution in [0, 0.1) is 0 Å². The molecular weight excluding hydrogens is 285 g/mol. The van der Waals surface area contributed by atoms with Crippen LogP contribution >= 0.6 is 0 Å². The lowest BCUT2D eigenvalue weighted by atomic mass is 10.2. The van der Waals surface area contributed by atoms with E-state index in [1.165, 1.54) is 12.1 Å². The van der Waals surface area contributed by atoms with Crippen molar-refractivity contribution in [3.8, 4) is 5.75 Å². The number of amides is 1. The van der Waals surface area contributed by atoms with E-state index in [-0.39, 0.29) is 24.8 Å². The summed E-state index contributed by atoms with van der Waals surface area (Å²) >= 11 is 0. The summed E-state index contributed by atoms with van der Waals surface area (Å²) in [5.74, 6) is -0.275. The molecule has 0 saturated heterocycles. The summed E-state index contributed by atoms with van der Waals surface area (Å²) in [5.41, 5.74) is 5.42. The number of alkyl halides is 3. The van der Waals surface area contributed by atoms with Crippen LogP contribution in [0.25, 0.3) is 0 Å². The van der Waals surface area contributed by atoms with Crippen LogP contribution in [-0.4, -0.2) is 42.7 Å². The maximum Gasteiger partial charge on any atom is 0.406 e. The number of benzene rings is 1. The molecule has 1 aromatic carbocycles. The molecule has 0 unspecified atom stereocenters. The zero-order valence-electron chi connectivity index (χ0n) is 12.0. The van der Waals surface area contributed by atoms with E-state index in [0.717, 1.165) is 0 Å². The minimum Gasteiger partial charge on any atom is -0.491 e. The number of nitrogens with zero attached hydrogens (tertiary/aromatic N) is 1. The maximum absolute atomic E-state index is 12.5. The Labute approximate surface area is 121 Å². The fourth-order valence-electron chi connectivity index (χ4n) is 1.78. The van der Waals surface area contributed by atoms with Gasteiger partial charge in [0.1, 0.15) is 12.3 Å². The Bertz CT molecular complexity index is 476. The van der Waals surface area contributed by atoms with Crippen LogP contribution in [0.5, 0.6) is 5.75 Å². The Morgan fingerprint density at radius 2 is 2.05 bits per heavy atom. The van der Waals surface area contributed by atoms with Gasteiger partial charge in [-0.25, -0.2) is 0 Å². The average Bonchev–Trinajstić information content (AvgIpc) is 2.35. The molecule has 0 radical (unpaired) electrons. The van der Waals surface area contributed by atoms with Crippen LogP contribution in [0.4, 0.5) is 13.2 Å². The van der Waals surface area contributed by atoms with Gasteiger partial charge in [-0.1, -0.05) is 6.07 Å². The lowest BCUT2D eigenvalue weighted by Gasteiger charge is -2.23. The van der Waals surface area contributed by atoms with Crippen molar-refractivity contribution in [3.63, 3.8) is 0 Å². The minimum absolute atomic E-state index is 0.0377. The molecule has 118 valence electrons. The first-order valence-electron chi connectivity index (χ1n) is 6.55. The number of carbonyl (C=O) groups is 1. The first-order valence-corrected chi connectivity index (χ1v) is 6.55. The van der Waals surface area contributed by atoms with Gasteiger partial charge in [-0.2, -0.15) is 13.2 Å². The van der Waals surface area contributed by atoms with Gasteiger partial charge in [0.05, 0.1) is 6.10 Å². The van der Waals surface area contributed by atoms with Crippen LogP contribution in [-0.2, 0) is 0 Å². The molecule has 2 N–H and O–H groups in total. The number of hydrogen-bond donors (Lipinski definition) is 1. The van der Waals surface area contributed by atoms with Gasteiger partial charge in [0, 0.05) is 18.7 Å². The average molecular weight is 304 g/mol. The predicted octanol–water partition coefficient (Wildman–Crippen LogP) is 2.44. The summed E-state index contributed by atoms with van der Waals surface area (Å²) in [7, 11) is 0. The number of halogens is 3.